The summed E-state index contributed by atoms with van der Waals surface area (Å²) in [5, 5.41) is 0. The lowest BCUT2D eigenvalue weighted by atomic mass is 10.0. The van der Waals surface area contributed by atoms with Crippen LogP contribution in [0.5, 0.6) is 0 Å². The molecule has 0 aliphatic carbocycles. The predicted molar refractivity (Wildman–Crippen MR) is 111 cm³/mol. The maximum absolute atomic E-state index is 12.8. The van der Waals surface area contributed by atoms with Gasteiger partial charge in [0.15, 0.2) is 0 Å². The lowest BCUT2D eigenvalue weighted by Gasteiger charge is -2.35. The summed E-state index contributed by atoms with van der Waals surface area (Å²) in [6, 6.07) is 7.54. The zero-order valence-electron chi connectivity index (χ0n) is 16.3. The Balaban J connectivity index is 1.59. The van der Waals surface area contributed by atoms with E-state index in [1.807, 2.05) is 43.9 Å². The fourth-order valence-corrected chi connectivity index (χ4v) is 5.11. The van der Waals surface area contributed by atoms with Crippen molar-refractivity contribution in [1.82, 2.24) is 14.9 Å². The van der Waals surface area contributed by atoms with Gasteiger partial charge in [0.2, 0.25) is 5.95 Å². The van der Waals surface area contributed by atoms with E-state index in [0.717, 1.165) is 24.2 Å². The third kappa shape index (κ3) is 3.28. The van der Waals surface area contributed by atoms with Crippen LogP contribution in [0.4, 0.5) is 5.95 Å². The summed E-state index contributed by atoms with van der Waals surface area (Å²) in [6.07, 6.45) is 3.45. The van der Waals surface area contributed by atoms with E-state index < -0.39 is 10.0 Å². The van der Waals surface area contributed by atoms with Gasteiger partial charge in [-0.3, -0.25) is 0 Å². The summed E-state index contributed by atoms with van der Waals surface area (Å²) in [6.45, 7) is 8.63. The topological polar surface area (TPSA) is 78.8 Å². The number of rotatable bonds is 2. The summed E-state index contributed by atoms with van der Waals surface area (Å²) < 4.78 is 29.7. The zero-order valence-corrected chi connectivity index (χ0v) is 17.1. The molecular formula is C20H23N5O2S. The Morgan fingerprint density at radius 2 is 1.54 bits per heavy atom. The second kappa shape index (κ2) is 7.01. The number of sulfonamides is 1. The number of nitrogens with zero attached hydrogens (tertiary/aromatic N) is 5. The zero-order chi connectivity index (χ0) is 19.9. The van der Waals surface area contributed by atoms with Crippen molar-refractivity contribution in [1.29, 1.82) is 0 Å². The molecule has 0 atom stereocenters. The molecule has 4 rings (SSSR count). The summed E-state index contributed by atoms with van der Waals surface area (Å²) in [5.41, 5.74) is 3.62. The molecule has 146 valence electrons. The molecule has 7 nitrogen and oxygen atoms in total. The Labute approximate surface area is 165 Å². The minimum absolute atomic E-state index is 0.319. The van der Waals surface area contributed by atoms with Crippen LogP contribution >= 0.6 is 0 Å². The van der Waals surface area contributed by atoms with E-state index in [2.05, 4.69) is 19.3 Å². The van der Waals surface area contributed by atoms with Crippen molar-refractivity contribution in [2.45, 2.75) is 20.8 Å². The van der Waals surface area contributed by atoms with E-state index in [1.165, 1.54) is 0 Å². The molecule has 0 radical (unpaired) electrons. The second-order valence-corrected chi connectivity index (χ2v) is 8.71. The third-order valence-corrected chi connectivity index (χ3v) is 6.79. The van der Waals surface area contributed by atoms with Crippen LogP contribution in [0.25, 0.3) is 4.91 Å². The average Bonchev–Trinajstić information content (AvgIpc) is 2.94. The molecule has 0 bridgehead atoms. The van der Waals surface area contributed by atoms with Crippen molar-refractivity contribution in [2.24, 2.45) is 4.40 Å². The predicted octanol–water partition coefficient (Wildman–Crippen LogP) is 2.39. The van der Waals surface area contributed by atoms with Crippen LogP contribution in [0.2, 0.25) is 0 Å². The highest BCUT2D eigenvalue weighted by Gasteiger charge is 2.34. The largest absolute Gasteiger partial charge is 0.352 e. The highest BCUT2D eigenvalue weighted by Crippen LogP contribution is 2.34. The molecule has 0 saturated carbocycles. The minimum Gasteiger partial charge on any atom is -0.352 e. The van der Waals surface area contributed by atoms with Crippen molar-refractivity contribution in [2.75, 3.05) is 31.1 Å². The number of aryl methyl sites for hydroxylation is 2. The number of piperazine rings is 1. The van der Waals surface area contributed by atoms with Crippen LogP contribution < -0.4 is 4.90 Å². The molecule has 8 heteroatoms. The van der Waals surface area contributed by atoms with E-state index in [4.69, 9.17) is 0 Å². The molecule has 0 amide bonds. The third-order valence-electron chi connectivity index (χ3n) is 5.32. The molecule has 1 aromatic carbocycles. The molecule has 0 unspecified atom stereocenters. The Kier molecular flexibility index (Phi) is 4.66. The maximum Gasteiger partial charge on any atom is 0.285 e. The van der Waals surface area contributed by atoms with Crippen molar-refractivity contribution >= 4 is 26.7 Å². The van der Waals surface area contributed by atoms with Gasteiger partial charge < -0.3 is 9.80 Å². The van der Waals surface area contributed by atoms with E-state index in [0.29, 0.717) is 40.9 Å². The Morgan fingerprint density at radius 3 is 2.18 bits per heavy atom. The van der Waals surface area contributed by atoms with Gasteiger partial charge in [-0.1, -0.05) is 18.2 Å². The number of hydrogen-bond donors (Lipinski definition) is 0. The molecule has 2 aromatic rings. The van der Waals surface area contributed by atoms with Gasteiger partial charge in [-0.2, -0.15) is 8.42 Å². The van der Waals surface area contributed by atoms with Crippen LogP contribution in [-0.2, 0) is 10.0 Å². The van der Waals surface area contributed by atoms with Gasteiger partial charge in [0.25, 0.3) is 10.0 Å². The molecule has 2 aliphatic heterocycles. The molecular weight excluding hydrogens is 374 g/mol. The average molecular weight is 398 g/mol. The lowest BCUT2D eigenvalue weighted by molar-refractivity contribution is 0.384. The summed E-state index contributed by atoms with van der Waals surface area (Å²) >= 11 is 0. The first-order chi connectivity index (χ1) is 13.4. The highest BCUT2D eigenvalue weighted by molar-refractivity contribution is 8.00. The van der Waals surface area contributed by atoms with Crippen LogP contribution in [0, 0.1) is 13.8 Å². The monoisotopic (exact) mass is 397 g/mol. The van der Waals surface area contributed by atoms with Gasteiger partial charge in [0.05, 0.1) is 0 Å². The van der Waals surface area contributed by atoms with Crippen molar-refractivity contribution < 1.29 is 8.42 Å². The van der Waals surface area contributed by atoms with E-state index >= 15 is 0 Å². The normalized spacial score (nSPS) is 19.2. The smallest absolute Gasteiger partial charge is 0.285 e. The maximum atomic E-state index is 12.8. The number of aromatic nitrogens is 2. The van der Waals surface area contributed by atoms with Crippen molar-refractivity contribution in [3.63, 3.8) is 0 Å². The number of amidine groups is 1. The lowest BCUT2D eigenvalue weighted by Crippen LogP contribution is -2.49. The molecule has 3 heterocycles. The standard InChI is InChI=1S/C20H23N5O2S/c1-14-5-6-17(13-15(14)2)18-16(3)19(23-28(18,26)27)24-9-11-25(12-10-24)20-21-7-4-8-22-20/h4-8,13H,9-12H2,1-3H3. The SMILES string of the molecule is CC1=C(c2ccc(C)c(C)c2)S(=O)(=O)N=C1N1CCN(c2ncccn2)CC1. The minimum atomic E-state index is -3.70. The van der Waals surface area contributed by atoms with Gasteiger partial charge in [-0.15, -0.1) is 4.40 Å². The van der Waals surface area contributed by atoms with Gasteiger partial charge in [-0.05, 0) is 43.5 Å². The fourth-order valence-electron chi connectivity index (χ4n) is 3.64. The first-order valence-corrected chi connectivity index (χ1v) is 10.7. The highest BCUT2D eigenvalue weighted by atomic mass is 32.2. The second-order valence-electron chi connectivity index (χ2n) is 7.17. The molecule has 0 spiro atoms. The van der Waals surface area contributed by atoms with Crippen LogP contribution in [0.3, 0.4) is 0 Å². The molecule has 0 N–H and O–H groups in total. The summed E-state index contributed by atoms with van der Waals surface area (Å²) in [5.74, 6) is 1.26. The van der Waals surface area contributed by atoms with Crippen LogP contribution in [-0.4, -0.2) is 55.3 Å². The summed E-state index contributed by atoms with van der Waals surface area (Å²) in [7, 11) is -3.70. The van der Waals surface area contributed by atoms with E-state index in [9.17, 15) is 8.42 Å². The molecule has 1 saturated heterocycles. The van der Waals surface area contributed by atoms with Gasteiger partial charge in [-0.25, -0.2) is 9.97 Å². The fraction of sp³-hybridized carbons (Fsp3) is 0.350. The Hall–Kier alpha value is -2.74. The Bertz CT molecular complexity index is 1070. The molecule has 2 aliphatic rings. The van der Waals surface area contributed by atoms with Crippen molar-refractivity contribution in [3.8, 4) is 0 Å². The van der Waals surface area contributed by atoms with Crippen LogP contribution in [0.15, 0.2) is 46.6 Å². The molecule has 1 aromatic heterocycles. The van der Waals surface area contributed by atoms with Gasteiger partial charge in [0.1, 0.15) is 10.7 Å². The Morgan fingerprint density at radius 1 is 0.893 bits per heavy atom. The first-order valence-electron chi connectivity index (χ1n) is 9.27. The number of anilines is 1. The first kappa shape index (κ1) is 18.6. The van der Waals surface area contributed by atoms with E-state index in [-0.39, 0.29) is 0 Å². The number of hydrogen-bond acceptors (Lipinski definition) is 6. The van der Waals surface area contributed by atoms with Gasteiger partial charge >= 0.3 is 0 Å². The molecule has 1 fully saturated rings. The molecule has 28 heavy (non-hydrogen) atoms. The number of benzene rings is 1. The quantitative estimate of drug-likeness (QED) is 0.774. The van der Waals surface area contributed by atoms with Gasteiger partial charge in [0, 0.05) is 44.1 Å². The van der Waals surface area contributed by atoms with E-state index in [1.54, 1.807) is 18.5 Å². The van der Waals surface area contributed by atoms with Crippen LogP contribution in [0.1, 0.15) is 23.6 Å². The summed E-state index contributed by atoms with van der Waals surface area (Å²) in [4.78, 5) is 13.0. The van der Waals surface area contributed by atoms with Crippen molar-refractivity contribution in [3.05, 3.63) is 58.9 Å².